The molecule has 4 nitrogen and oxygen atoms in total. The van der Waals surface area contributed by atoms with Crippen LogP contribution in [0.5, 0.6) is 0 Å². The zero-order chi connectivity index (χ0) is 17.7. The average molecular weight is 338 g/mol. The number of hydrogen-bond donors (Lipinski definition) is 1. The summed E-state index contributed by atoms with van der Waals surface area (Å²) in [7, 11) is 0. The van der Waals surface area contributed by atoms with Crippen molar-refractivity contribution in [3.05, 3.63) is 0 Å². The Kier molecular flexibility index (Phi) is 6.70. The van der Waals surface area contributed by atoms with Crippen LogP contribution in [0.2, 0.25) is 0 Å². The summed E-state index contributed by atoms with van der Waals surface area (Å²) in [5.74, 6) is -0.903. The highest BCUT2D eigenvalue weighted by Crippen LogP contribution is 2.60. The van der Waals surface area contributed by atoms with Crippen LogP contribution in [0.15, 0.2) is 0 Å². The molecule has 0 aromatic rings. The van der Waals surface area contributed by atoms with Gasteiger partial charge in [0.15, 0.2) is 0 Å². The van der Waals surface area contributed by atoms with Gasteiger partial charge in [0.1, 0.15) is 0 Å². The number of aliphatic carboxylic acids is 1. The number of hydrogen-bond acceptors (Lipinski definition) is 3. The van der Waals surface area contributed by atoms with Crippen molar-refractivity contribution in [1.29, 1.82) is 0 Å². The summed E-state index contributed by atoms with van der Waals surface area (Å²) in [5, 5.41) is 9.62. The normalized spacial score (nSPS) is 32.7. The molecule has 2 saturated carbocycles. The fourth-order valence-corrected chi connectivity index (χ4v) is 5.11. The van der Waals surface area contributed by atoms with Gasteiger partial charge >= 0.3 is 11.9 Å². The highest BCUT2D eigenvalue weighted by Gasteiger charge is 2.63. The third kappa shape index (κ3) is 3.78. The Hall–Kier alpha value is -1.06. The van der Waals surface area contributed by atoms with Gasteiger partial charge in [-0.2, -0.15) is 0 Å². The van der Waals surface area contributed by atoms with E-state index in [2.05, 4.69) is 13.8 Å². The first-order valence-corrected chi connectivity index (χ1v) is 9.85. The molecule has 2 fully saturated rings. The minimum atomic E-state index is -0.824. The molecule has 2 aliphatic carbocycles. The number of carbonyl (C=O) groups is 2. The van der Waals surface area contributed by atoms with Crippen molar-refractivity contribution >= 4 is 11.9 Å². The molecule has 0 spiro atoms. The molecule has 2 aliphatic rings. The number of ether oxygens (including phenoxy) is 1. The Balaban J connectivity index is 1.95. The molecule has 0 aromatic heterocycles. The van der Waals surface area contributed by atoms with E-state index < -0.39 is 17.3 Å². The van der Waals surface area contributed by atoms with Crippen molar-refractivity contribution in [2.75, 3.05) is 6.61 Å². The smallest absolute Gasteiger partial charge is 0.312 e. The molecular formula is C20H34O4. The lowest BCUT2D eigenvalue weighted by Crippen LogP contribution is -2.45. The quantitative estimate of drug-likeness (QED) is 0.465. The van der Waals surface area contributed by atoms with Gasteiger partial charge in [0.05, 0.1) is 17.9 Å². The van der Waals surface area contributed by atoms with Crippen molar-refractivity contribution in [3.63, 3.8) is 0 Å². The zero-order valence-corrected chi connectivity index (χ0v) is 15.6. The van der Waals surface area contributed by atoms with Crippen molar-refractivity contribution in [3.8, 4) is 0 Å². The molecule has 0 saturated heterocycles. The average Bonchev–Trinajstić information content (AvgIpc) is 3.12. The molecule has 1 N–H and O–H groups in total. The van der Waals surface area contributed by atoms with Crippen LogP contribution >= 0.6 is 0 Å². The number of carboxylic acids is 1. The Morgan fingerprint density at radius 3 is 2.54 bits per heavy atom. The largest absolute Gasteiger partial charge is 0.481 e. The third-order valence-corrected chi connectivity index (χ3v) is 6.51. The summed E-state index contributed by atoms with van der Waals surface area (Å²) in [6, 6.07) is 0. The molecule has 0 amide bonds. The lowest BCUT2D eigenvalue weighted by Gasteiger charge is -2.36. The van der Waals surface area contributed by atoms with Crippen molar-refractivity contribution in [2.24, 2.45) is 29.1 Å². The van der Waals surface area contributed by atoms with E-state index in [1.165, 1.54) is 19.3 Å². The van der Waals surface area contributed by atoms with E-state index in [0.29, 0.717) is 12.5 Å². The number of fused-ring (bicyclic) bond motifs is 2. The minimum Gasteiger partial charge on any atom is -0.481 e. The van der Waals surface area contributed by atoms with Crippen molar-refractivity contribution < 1.29 is 19.4 Å². The van der Waals surface area contributed by atoms with Gasteiger partial charge in [0, 0.05) is 0 Å². The van der Waals surface area contributed by atoms with Gasteiger partial charge in [0.25, 0.3) is 0 Å². The van der Waals surface area contributed by atoms with Gasteiger partial charge in [-0.15, -0.1) is 0 Å². The number of carbonyl (C=O) groups excluding carboxylic acids is 1. The number of unbranched alkanes of at least 4 members (excludes halogenated alkanes) is 2. The maximum Gasteiger partial charge on any atom is 0.312 e. The number of carboxylic acid groups (broad SMARTS) is 1. The molecule has 0 radical (unpaired) electrons. The van der Waals surface area contributed by atoms with Gasteiger partial charge in [-0.25, -0.2) is 0 Å². The topological polar surface area (TPSA) is 63.6 Å². The third-order valence-electron chi connectivity index (χ3n) is 6.51. The second kappa shape index (κ2) is 8.35. The fourth-order valence-electron chi connectivity index (χ4n) is 5.11. The first kappa shape index (κ1) is 19.3. The molecule has 4 heteroatoms. The van der Waals surface area contributed by atoms with Crippen LogP contribution in [0, 0.1) is 29.1 Å². The number of esters is 1. The van der Waals surface area contributed by atoms with Gasteiger partial charge < -0.3 is 9.84 Å². The summed E-state index contributed by atoms with van der Waals surface area (Å²) in [6.07, 6.45) is 9.64. The molecule has 0 heterocycles. The fraction of sp³-hybridized carbons (Fsp3) is 0.900. The molecule has 5 atom stereocenters. The molecule has 2 rings (SSSR count). The van der Waals surface area contributed by atoms with Crippen molar-refractivity contribution in [1.82, 2.24) is 0 Å². The summed E-state index contributed by atoms with van der Waals surface area (Å²) >= 11 is 0. The van der Waals surface area contributed by atoms with Gasteiger partial charge in [-0.1, -0.05) is 39.5 Å². The molecule has 2 bridgehead atoms. The van der Waals surface area contributed by atoms with E-state index in [9.17, 15) is 14.7 Å². The van der Waals surface area contributed by atoms with Crippen LogP contribution in [0.25, 0.3) is 0 Å². The van der Waals surface area contributed by atoms with Gasteiger partial charge in [0.2, 0.25) is 0 Å². The van der Waals surface area contributed by atoms with Crippen molar-refractivity contribution in [2.45, 2.75) is 78.6 Å². The second-order valence-electron chi connectivity index (χ2n) is 8.12. The zero-order valence-electron chi connectivity index (χ0n) is 15.6. The second-order valence-corrected chi connectivity index (χ2v) is 8.12. The highest BCUT2D eigenvalue weighted by atomic mass is 16.5. The Morgan fingerprint density at radius 1 is 1.17 bits per heavy atom. The van der Waals surface area contributed by atoms with E-state index >= 15 is 0 Å². The maximum atomic E-state index is 12.8. The first-order chi connectivity index (χ1) is 11.4. The van der Waals surface area contributed by atoms with Crippen LogP contribution in [0.3, 0.4) is 0 Å². The SMILES string of the molecule is CCCCCC(CCC)COC(=O)C1(C)C2CCC(C2)C1C(=O)O. The van der Waals surface area contributed by atoms with E-state index in [-0.39, 0.29) is 17.8 Å². The maximum absolute atomic E-state index is 12.8. The van der Waals surface area contributed by atoms with Gasteiger partial charge in [-0.05, 0) is 56.8 Å². The molecule has 5 unspecified atom stereocenters. The van der Waals surface area contributed by atoms with E-state index in [1.807, 2.05) is 6.92 Å². The summed E-state index contributed by atoms with van der Waals surface area (Å²) < 4.78 is 5.71. The molecule has 0 aromatic carbocycles. The predicted octanol–water partition coefficient (Wildman–Crippen LogP) is 4.66. The summed E-state index contributed by atoms with van der Waals surface area (Å²) in [4.78, 5) is 24.5. The number of rotatable bonds is 10. The molecular weight excluding hydrogens is 304 g/mol. The Labute approximate surface area is 146 Å². The van der Waals surface area contributed by atoms with Crippen LogP contribution in [-0.4, -0.2) is 23.7 Å². The lowest BCUT2D eigenvalue weighted by atomic mass is 9.67. The molecule has 138 valence electrons. The Morgan fingerprint density at radius 2 is 1.92 bits per heavy atom. The van der Waals surface area contributed by atoms with Crippen LogP contribution in [0.4, 0.5) is 0 Å². The van der Waals surface area contributed by atoms with E-state index in [4.69, 9.17) is 4.74 Å². The Bertz CT molecular complexity index is 447. The predicted molar refractivity (Wildman–Crippen MR) is 93.6 cm³/mol. The summed E-state index contributed by atoms with van der Waals surface area (Å²) in [6.45, 7) is 6.64. The molecule has 0 aliphatic heterocycles. The van der Waals surface area contributed by atoms with Crippen LogP contribution < -0.4 is 0 Å². The van der Waals surface area contributed by atoms with Crippen LogP contribution in [-0.2, 0) is 14.3 Å². The highest BCUT2D eigenvalue weighted by molar-refractivity contribution is 5.86. The monoisotopic (exact) mass is 338 g/mol. The summed E-state index contributed by atoms with van der Waals surface area (Å²) in [5.41, 5.74) is -0.824. The minimum absolute atomic E-state index is 0.154. The first-order valence-electron chi connectivity index (χ1n) is 9.85. The lowest BCUT2D eigenvalue weighted by molar-refractivity contribution is -0.171. The standard InChI is InChI=1S/C20H34O4/c1-4-6-7-9-14(8-5-2)13-24-19(23)20(3)16-11-10-15(12-16)17(20)18(21)22/h14-17H,4-13H2,1-3H3,(H,21,22). The van der Waals surface area contributed by atoms with Gasteiger partial charge in [-0.3, -0.25) is 9.59 Å². The van der Waals surface area contributed by atoms with E-state index in [1.54, 1.807) is 0 Å². The van der Waals surface area contributed by atoms with E-state index in [0.717, 1.165) is 38.5 Å². The molecule has 24 heavy (non-hydrogen) atoms. The van der Waals surface area contributed by atoms with Crippen LogP contribution in [0.1, 0.15) is 78.6 Å².